The Hall–Kier alpha value is -3.32. The maximum Gasteiger partial charge on any atom is 0.416 e. The van der Waals surface area contributed by atoms with Crippen LogP contribution in [-0.2, 0) is 31.8 Å². The van der Waals surface area contributed by atoms with E-state index in [9.17, 15) is 18.3 Å². The molecule has 0 aliphatic rings. The lowest BCUT2D eigenvalue weighted by Gasteiger charge is -2.18. The molecule has 4 aromatic rings. The second-order valence-corrected chi connectivity index (χ2v) is 9.53. The molecule has 0 bridgehead atoms. The van der Waals surface area contributed by atoms with Crippen LogP contribution >= 0.6 is 0 Å². The number of halogens is 3. The van der Waals surface area contributed by atoms with E-state index < -0.39 is 11.7 Å². The number of imidazole rings is 1. The molecule has 0 saturated carbocycles. The molecule has 0 unspecified atom stereocenters. The number of aliphatic hydroxyl groups is 1. The highest BCUT2D eigenvalue weighted by Crippen LogP contribution is 2.31. The van der Waals surface area contributed by atoms with Crippen molar-refractivity contribution in [2.75, 3.05) is 0 Å². The summed E-state index contributed by atoms with van der Waals surface area (Å²) in [6.07, 6.45) is -4.44. The van der Waals surface area contributed by atoms with Crippen LogP contribution in [0.5, 0.6) is 0 Å². The minimum absolute atomic E-state index is 0.00677. The topological polar surface area (TPSA) is 42.5 Å². The van der Waals surface area contributed by atoms with Gasteiger partial charge in [0, 0.05) is 7.05 Å². The Morgan fingerprint density at radius 2 is 1.38 bits per heavy atom. The van der Waals surface area contributed by atoms with Gasteiger partial charge in [-0.25, -0.2) is 4.99 Å². The first kappa shape index (κ1) is 23.8. The summed E-state index contributed by atoms with van der Waals surface area (Å²) >= 11 is 0. The van der Waals surface area contributed by atoms with Crippen molar-refractivity contribution in [3.63, 3.8) is 0 Å². The van der Waals surface area contributed by atoms with E-state index in [1.54, 1.807) is 4.57 Å². The fourth-order valence-electron chi connectivity index (χ4n) is 3.97. The zero-order chi connectivity index (χ0) is 24.7. The van der Waals surface area contributed by atoms with E-state index in [1.807, 2.05) is 60.1 Å². The molecule has 0 saturated heterocycles. The van der Waals surface area contributed by atoms with Crippen molar-refractivity contribution in [3.8, 4) is 0 Å². The van der Waals surface area contributed by atoms with E-state index in [0.29, 0.717) is 23.2 Å². The van der Waals surface area contributed by atoms with E-state index >= 15 is 0 Å². The fraction of sp³-hybridized carbons (Fsp3) is 0.296. The van der Waals surface area contributed by atoms with Crippen LogP contribution in [0, 0.1) is 0 Å². The van der Waals surface area contributed by atoms with Gasteiger partial charge in [0.1, 0.15) is 0 Å². The van der Waals surface area contributed by atoms with Crippen LogP contribution in [0.1, 0.15) is 43.0 Å². The third kappa shape index (κ3) is 4.80. The Morgan fingerprint density at radius 3 is 1.94 bits per heavy atom. The van der Waals surface area contributed by atoms with Gasteiger partial charge in [0.2, 0.25) is 5.62 Å². The SMILES string of the molecule is Cn1/c(=N/c2ccc(C(C)(C)C)cc2)n(Cc2ccc(CO)cc2)c2cc(C(F)(F)F)ccc21. The average Bonchev–Trinajstić information content (AvgIpc) is 3.04. The standard InChI is InChI=1S/C27H28F3N3O/c1-26(2,3)20-9-12-22(13-10-20)31-25-32(4)23-14-11-21(27(28,29)30)15-24(23)33(25)16-18-5-7-19(17-34)8-6-18/h5-15,34H,16-17H2,1-4H3/b31-25-. The summed E-state index contributed by atoms with van der Waals surface area (Å²) in [7, 11) is 1.81. The second-order valence-electron chi connectivity index (χ2n) is 9.53. The van der Waals surface area contributed by atoms with Crippen LogP contribution in [0.2, 0.25) is 0 Å². The van der Waals surface area contributed by atoms with E-state index in [0.717, 1.165) is 22.9 Å². The van der Waals surface area contributed by atoms with Gasteiger partial charge in [-0.1, -0.05) is 57.2 Å². The summed E-state index contributed by atoms with van der Waals surface area (Å²) in [5.74, 6) is 0. The van der Waals surface area contributed by atoms with Gasteiger partial charge in [0.15, 0.2) is 0 Å². The maximum atomic E-state index is 13.5. The predicted octanol–water partition coefficient (Wildman–Crippen LogP) is 6.07. The molecular formula is C27H28F3N3O. The first-order chi connectivity index (χ1) is 16.0. The molecule has 7 heteroatoms. The number of hydrogen-bond donors (Lipinski definition) is 1. The molecule has 1 N–H and O–H groups in total. The molecule has 1 aromatic heterocycles. The Kier molecular flexibility index (Phi) is 6.16. The number of aromatic nitrogens is 2. The molecule has 178 valence electrons. The number of nitrogens with zero attached hydrogens (tertiary/aromatic N) is 3. The van der Waals surface area contributed by atoms with Gasteiger partial charge in [-0.15, -0.1) is 0 Å². The molecule has 34 heavy (non-hydrogen) atoms. The maximum absolute atomic E-state index is 13.5. The number of rotatable bonds is 4. The number of alkyl halides is 3. The summed E-state index contributed by atoms with van der Waals surface area (Å²) in [6.45, 7) is 6.68. The lowest BCUT2D eigenvalue weighted by atomic mass is 9.87. The van der Waals surface area contributed by atoms with Crippen LogP contribution < -0.4 is 5.62 Å². The molecular weight excluding hydrogens is 439 g/mol. The second kappa shape index (κ2) is 8.80. The average molecular weight is 468 g/mol. The minimum atomic E-state index is -4.44. The van der Waals surface area contributed by atoms with Crippen molar-refractivity contribution in [1.82, 2.24) is 9.13 Å². The largest absolute Gasteiger partial charge is 0.416 e. The molecule has 0 atom stereocenters. The normalized spacial score (nSPS) is 13.1. The highest BCUT2D eigenvalue weighted by atomic mass is 19.4. The van der Waals surface area contributed by atoms with Gasteiger partial charge in [-0.05, 0) is 52.4 Å². The number of aryl methyl sites for hydroxylation is 1. The number of aliphatic hydroxyl groups excluding tert-OH is 1. The van der Waals surface area contributed by atoms with Crippen LogP contribution in [0.15, 0.2) is 71.7 Å². The van der Waals surface area contributed by atoms with Crippen LogP contribution in [0.3, 0.4) is 0 Å². The molecule has 4 rings (SSSR count). The van der Waals surface area contributed by atoms with E-state index in [2.05, 4.69) is 20.8 Å². The van der Waals surface area contributed by atoms with E-state index in [4.69, 9.17) is 4.99 Å². The number of benzene rings is 3. The number of hydrogen-bond acceptors (Lipinski definition) is 2. The molecule has 3 aromatic carbocycles. The first-order valence-electron chi connectivity index (χ1n) is 11.1. The summed E-state index contributed by atoms with van der Waals surface area (Å²) in [5.41, 5.74) is 4.53. The van der Waals surface area contributed by atoms with Gasteiger partial charge in [-0.2, -0.15) is 13.2 Å². The lowest BCUT2D eigenvalue weighted by Crippen LogP contribution is -2.24. The van der Waals surface area contributed by atoms with Crippen molar-refractivity contribution in [3.05, 3.63) is 94.6 Å². The van der Waals surface area contributed by atoms with E-state index in [-0.39, 0.29) is 12.0 Å². The van der Waals surface area contributed by atoms with Crippen molar-refractivity contribution in [1.29, 1.82) is 0 Å². The fourth-order valence-corrected chi connectivity index (χ4v) is 3.97. The van der Waals surface area contributed by atoms with Crippen LogP contribution in [0.4, 0.5) is 18.9 Å². The lowest BCUT2D eigenvalue weighted by molar-refractivity contribution is -0.137. The zero-order valence-corrected chi connectivity index (χ0v) is 19.7. The van der Waals surface area contributed by atoms with Crippen molar-refractivity contribution in [2.45, 2.75) is 45.5 Å². The monoisotopic (exact) mass is 467 g/mol. The highest BCUT2D eigenvalue weighted by molar-refractivity contribution is 5.77. The van der Waals surface area contributed by atoms with Crippen molar-refractivity contribution < 1.29 is 18.3 Å². The van der Waals surface area contributed by atoms with Gasteiger partial charge >= 0.3 is 6.18 Å². The molecule has 0 aliphatic carbocycles. The third-order valence-corrected chi connectivity index (χ3v) is 6.00. The van der Waals surface area contributed by atoms with Crippen molar-refractivity contribution in [2.24, 2.45) is 12.0 Å². The highest BCUT2D eigenvalue weighted by Gasteiger charge is 2.31. The van der Waals surface area contributed by atoms with E-state index in [1.165, 1.54) is 17.7 Å². The molecule has 0 aliphatic heterocycles. The first-order valence-corrected chi connectivity index (χ1v) is 11.1. The molecule has 0 radical (unpaired) electrons. The Morgan fingerprint density at radius 1 is 0.794 bits per heavy atom. The minimum Gasteiger partial charge on any atom is -0.392 e. The quantitative estimate of drug-likeness (QED) is 0.389. The molecule has 4 nitrogen and oxygen atoms in total. The van der Waals surface area contributed by atoms with Gasteiger partial charge in [0.25, 0.3) is 0 Å². The Labute approximate surface area is 196 Å². The number of fused-ring (bicyclic) bond motifs is 1. The zero-order valence-electron chi connectivity index (χ0n) is 19.7. The van der Waals surface area contributed by atoms with Crippen molar-refractivity contribution >= 4 is 16.7 Å². The summed E-state index contributed by atoms with van der Waals surface area (Å²) in [4.78, 5) is 4.83. The van der Waals surface area contributed by atoms with Gasteiger partial charge in [-0.3, -0.25) is 0 Å². The summed E-state index contributed by atoms with van der Waals surface area (Å²) in [5, 5.41) is 9.32. The molecule has 0 spiro atoms. The van der Waals surface area contributed by atoms with Gasteiger partial charge < -0.3 is 14.2 Å². The summed E-state index contributed by atoms with van der Waals surface area (Å²) < 4.78 is 44.1. The molecule has 0 fully saturated rings. The molecule has 0 amide bonds. The third-order valence-electron chi connectivity index (χ3n) is 6.00. The predicted molar refractivity (Wildman–Crippen MR) is 128 cm³/mol. The molecule has 1 heterocycles. The van der Waals surface area contributed by atoms with Gasteiger partial charge in [0.05, 0.1) is 35.4 Å². The smallest absolute Gasteiger partial charge is 0.392 e. The van der Waals surface area contributed by atoms with Crippen LogP contribution in [0.25, 0.3) is 11.0 Å². The summed E-state index contributed by atoms with van der Waals surface area (Å²) in [6, 6.07) is 19.0. The Balaban J connectivity index is 1.91. The Bertz CT molecular complexity index is 1370. The van der Waals surface area contributed by atoms with Crippen LogP contribution in [-0.4, -0.2) is 14.2 Å².